The van der Waals surface area contributed by atoms with Crippen LogP contribution in [0.15, 0.2) is 0 Å². The Hall–Kier alpha value is -0.570. The lowest BCUT2D eigenvalue weighted by Crippen LogP contribution is -2.39. The van der Waals surface area contributed by atoms with Gasteiger partial charge in [0.1, 0.15) is 6.04 Å². The summed E-state index contributed by atoms with van der Waals surface area (Å²) in [7, 11) is 0. The molecule has 0 amide bonds. The van der Waals surface area contributed by atoms with E-state index in [1.54, 1.807) is 0 Å². The molecular weight excluding hydrogens is 178 g/mol. The van der Waals surface area contributed by atoms with Crippen LogP contribution in [0.4, 0.5) is 0 Å². The highest BCUT2D eigenvalue weighted by molar-refractivity contribution is 5.77. The van der Waals surface area contributed by atoms with Crippen molar-refractivity contribution in [2.75, 3.05) is 6.61 Å². The quantitative estimate of drug-likeness (QED) is 0.685. The maximum Gasteiger partial charge on any atom is 0.323 e. The zero-order valence-corrected chi connectivity index (χ0v) is 9.38. The Labute approximate surface area is 86.2 Å². The van der Waals surface area contributed by atoms with Crippen LogP contribution in [-0.4, -0.2) is 24.7 Å². The molecule has 2 unspecified atom stereocenters. The van der Waals surface area contributed by atoms with Crippen molar-refractivity contribution in [1.29, 1.82) is 0 Å². The number of rotatable bonds is 5. The van der Waals surface area contributed by atoms with E-state index in [-0.39, 0.29) is 12.0 Å². The topological polar surface area (TPSA) is 38.3 Å². The molecule has 1 heterocycles. The molecular formula is C11H21NO2. The highest BCUT2D eigenvalue weighted by Crippen LogP contribution is 2.10. The van der Waals surface area contributed by atoms with Gasteiger partial charge in [0.25, 0.3) is 0 Å². The summed E-state index contributed by atoms with van der Waals surface area (Å²) in [6.07, 6.45) is 3.15. The van der Waals surface area contributed by atoms with Gasteiger partial charge < -0.3 is 10.1 Å². The van der Waals surface area contributed by atoms with Crippen LogP contribution in [0.25, 0.3) is 0 Å². The molecule has 0 spiro atoms. The Bertz CT molecular complexity index is 192. The summed E-state index contributed by atoms with van der Waals surface area (Å²) in [6, 6.07) is 0.352. The molecule has 0 saturated carbocycles. The first-order valence-electron chi connectivity index (χ1n) is 5.52. The third kappa shape index (κ3) is 3.66. The monoisotopic (exact) mass is 199 g/mol. The predicted octanol–water partition coefficient (Wildman–Crippen LogP) is 1.72. The molecule has 3 heteroatoms. The maximum atomic E-state index is 11.2. The third-order valence-electron chi connectivity index (χ3n) is 2.60. The summed E-state index contributed by atoms with van der Waals surface area (Å²) < 4.78 is 4.89. The summed E-state index contributed by atoms with van der Waals surface area (Å²) in [4.78, 5) is 11.2. The normalized spacial score (nSPS) is 24.0. The number of hydrogen-bond acceptors (Lipinski definition) is 3. The molecule has 1 N–H and O–H groups in total. The second-order valence-electron chi connectivity index (χ2n) is 4.55. The first-order chi connectivity index (χ1) is 6.59. The van der Waals surface area contributed by atoms with E-state index >= 15 is 0 Å². The molecule has 3 nitrogen and oxygen atoms in total. The molecule has 1 aliphatic rings. The highest BCUT2D eigenvalue weighted by atomic mass is 16.5. The van der Waals surface area contributed by atoms with Gasteiger partial charge in [-0.2, -0.15) is 0 Å². The second kappa shape index (κ2) is 5.35. The number of carbonyl (C=O) groups excluding carboxylic acids is 1. The van der Waals surface area contributed by atoms with Gasteiger partial charge in [0.05, 0.1) is 6.61 Å². The van der Waals surface area contributed by atoms with Crippen molar-refractivity contribution in [1.82, 2.24) is 5.32 Å². The molecule has 82 valence electrons. The summed E-state index contributed by atoms with van der Waals surface area (Å²) in [5, 5.41) is 3.31. The highest BCUT2D eigenvalue weighted by Gasteiger charge is 2.27. The summed E-state index contributed by atoms with van der Waals surface area (Å²) in [5.41, 5.74) is 0. The number of carbonyl (C=O) groups is 1. The van der Waals surface area contributed by atoms with Crippen LogP contribution in [-0.2, 0) is 9.53 Å². The van der Waals surface area contributed by atoms with E-state index in [1.807, 2.05) is 0 Å². The van der Waals surface area contributed by atoms with E-state index in [9.17, 15) is 4.79 Å². The Balaban J connectivity index is 2.19. The fourth-order valence-electron chi connectivity index (χ4n) is 1.66. The first kappa shape index (κ1) is 11.5. The minimum atomic E-state index is -0.0820. The minimum absolute atomic E-state index is 0.0582. The summed E-state index contributed by atoms with van der Waals surface area (Å²) >= 11 is 0. The molecule has 0 radical (unpaired) electrons. The molecule has 1 rings (SSSR count). The van der Waals surface area contributed by atoms with E-state index in [2.05, 4.69) is 26.1 Å². The number of ether oxygens (including phenoxy) is 1. The van der Waals surface area contributed by atoms with Crippen molar-refractivity contribution in [3.63, 3.8) is 0 Å². The van der Waals surface area contributed by atoms with Gasteiger partial charge in [0.2, 0.25) is 0 Å². The van der Waals surface area contributed by atoms with Gasteiger partial charge in [-0.3, -0.25) is 4.79 Å². The Morgan fingerprint density at radius 1 is 1.43 bits per heavy atom. The second-order valence-corrected chi connectivity index (χ2v) is 4.55. The zero-order chi connectivity index (χ0) is 10.6. The summed E-state index contributed by atoms with van der Waals surface area (Å²) in [5.74, 6) is 0.649. The van der Waals surface area contributed by atoms with E-state index in [0.29, 0.717) is 12.6 Å². The third-order valence-corrected chi connectivity index (χ3v) is 2.60. The first-order valence-corrected chi connectivity index (χ1v) is 5.52. The van der Waals surface area contributed by atoms with Crippen LogP contribution in [0.2, 0.25) is 0 Å². The SMILES string of the molecule is CC(C)CCC(C)NC1CCOC1=O. The van der Waals surface area contributed by atoms with Crippen LogP contribution >= 0.6 is 0 Å². The standard InChI is InChI=1S/C11H21NO2/c1-8(2)4-5-9(3)12-10-6-7-14-11(10)13/h8-10,12H,4-7H2,1-3H3. The lowest BCUT2D eigenvalue weighted by molar-refractivity contribution is -0.139. The largest absolute Gasteiger partial charge is 0.464 e. The molecule has 0 bridgehead atoms. The number of cyclic esters (lactones) is 1. The van der Waals surface area contributed by atoms with Gasteiger partial charge in [-0.05, 0) is 25.7 Å². The average Bonchev–Trinajstić information content (AvgIpc) is 2.49. The van der Waals surface area contributed by atoms with Crippen molar-refractivity contribution in [2.24, 2.45) is 5.92 Å². The number of esters is 1. The van der Waals surface area contributed by atoms with Gasteiger partial charge in [0, 0.05) is 12.5 Å². The molecule has 0 aromatic carbocycles. The number of nitrogens with one attached hydrogen (secondary N) is 1. The fourth-order valence-corrected chi connectivity index (χ4v) is 1.66. The van der Waals surface area contributed by atoms with Crippen LogP contribution in [0.5, 0.6) is 0 Å². The Morgan fingerprint density at radius 2 is 2.14 bits per heavy atom. The molecule has 1 fully saturated rings. The van der Waals surface area contributed by atoms with Crippen molar-refractivity contribution >= 4 is 5.97 Å². The van der Waals surface area contributed by atoms with E-state index in [0.717, 1.165) is 18.8 Å². The van der Waals surface area contributed by atoms with Gasteiger partial charge in [-0.1, -0.05) is 13.8 Å². The minimum Gasteiger partial charge on any atom is -0.464 e. The van der Waals surface area contributed by atoms with Crippen molar-refractivity contribution in [3.05, 3.63) is 0 Å². The number of hydrogen-bond donors (Lipinski definition) is 1. The van der Waals surface area contributed by atoms with Gasteiger partial charge in [0.15, 0.2) is 0 Å². The predicted molar refractivity (Wildman–Crippen MR) is 56.0 cm³/mol. The van der Waals surface area contributed by atoms with Crippen LogP contribution < -0.4 is 5.32 Å². The van der Waals surface area contributed by atoms with Crippen LogP contribution in [0.1, 0.15) is 40.0 Å². The van der Waals surface area contributed by atoms with E-state index in [1.165, 1.54) is 6.42 Å². The molecule has 0 aromatic rings. The molecule has 1 saturated heterocycles. The van der Waals surface area contributed by atoms with E-state index in [4.69, 9.17) is 4.74 Å². The van der Waals surface area contributed by atoms with Crippen molar-refractivity contribution < 1.29 is 9.53 Å². The molecule has 0 aromatic heterocycles. The van der Waals surface area contributed by atoms with Gasteiger partial charge >= 0.3 is 5.97 Å². The molecule has 14 heavy (non-hydrogen) atoms. The van der Waals surface area contributed by atoms with Crippen LogP contribution in [0, 0.1) is 5.92 Å². The average molecular weight is 199 g/mol. The fraction of sp³-hybridized carbons (Fsp3) is 0.909. The van der Waals surface area contributed by atoms with Gasteiger partial charge in [-0.15, -0.1) is 0 Å². The Morgan fingerprint density at radius 3 is 2.64 bits per heavy atom. The molecule has 1 aliphatic heterocycles. The zero-order valence-electron chi connectivity index (χ0n) is 9.38. The summed E-state index contributed by atoms with van der Waals surface area (Å²) in [6.45, 7) is 7.15. The molecule has 0 aliphatic carbocycles. The Kier molecular flexibility index (Phi) is 4.39. The van der Waals surface area contributed by atoms with Crippen LogP contribution in [0.3, 0.4) is 0 Å². The smallest absolute Gasteiger partial charge is 0.323 e. The maximum absolute atomic E-state index is 11.2. The van der Waals surface area contributed by atoms with Crippen molar-refractivity contribution in [3.8, 4) is 0 Å². The van der Waals surface area contributed by atoms with Gasteiger partial charge in [-0.25, -0.2) is 0 Å². The molecule has 2 atom stereocenters. The van der Waals surface area contributed by atoms with E-state index < -0.39 is 0 Å². The lowest BCUT2D eigenvalue weighted by atomic mass is 10.0. The lowest BCUT2D eigenvalue weighted by Gasteiger charge is -2.17. The van der Waals surface area contributed by atoms with Crippen molar-refractivity contribution in [2.45, 2.75) is 52.1 Å².